The summed E-state index contributed by atoms with van der Waals surface area (Å²) in [4.78, 5) is 14.1. The van der Waals surface area contributed by atoms with E-state index in [9.17, 15) is 0 Å². The molecule has 0 N–H and O–H groups in total. The first-order valence-corrected chi connectivity index (χ1v) is 11.2. The minimum Gasteiger partial charge on any atom is -0.399 e. The first-order chi connectivity index (χ1) is 15.8. The maximum atomic E-state index is 6.22. The Balaban J connectivity index is 1.42. The predicted octanol–water partition coefficient (Wildman–Crippen LogP) is 5.30. The van der Waals surface area contributed by atoms with Gasteiger partial charge in [0.25, 0.3) is 0 Å². The number of rotatable bonds is 2. The highest BCUT2D eigenvalue weighted by Gasteiger charge is 2.51. The van der Waals surface area contributed by atoms with Crippen molar-refractivity contribution in [1.29, 1.82) is 0 Å². The Morgan fingerprint density at radius 3 is 2.30 bits per heavy atom. The van der Waals surface area contributed by atoms with Gasteiger partial charge in [0, 0.05) is 28.7 Å². The van der Waals surface area contributed by atoms with Crippen molar-refractivity contribution in [2.75, 3.05) is 0 Å². The molecule has 0 bridgehead atoms. The van der Waals surface area contributed by atoms with Crippen molar-refractivity contribution in [3.63, 3.8) is 0 Å². The molecular formula is C27H24BN3O2. The lowest BCUT2D eigenvalue weighted by Gasteiger charge is -2.32. The molecule has 5 nitrogen and oxygen atoms in total. The van der Waals surface area contributed by atoms with Gasteiger partial charge in [-0.1, -0.05) is 36.4 Å². The van der Waals surface area contributed by atoms with Crippen molar-refractivity contribution in [2.45, 2.75) is 38.9 Å². The molecule has 5 aromatic rings. The maximum Gasteiger partial charge on any atom is 0.494 e. The van der Waals surface area contributed by atoms with Gasteiger partial charge in [-0.3, -0.25) is 9.97 Å². The largest absolute Gasteiger partial charge is 0.494 e. The molecule has 2 aromatic carbocycles. The zero-order valence-electron chi connectivity index (χ0n) is 19.2. The van der Waals surface area contributed by atoms with Crippen LogP contribution >= 0.6 is 0 Å². The number of pyridine rings is 3. The van der Waals surface area contributed by atoms with Crippen molar-refractivity contribution < 1.29 is 9.31 Å². The Morgan fingerprint density at radius 2 is 1.48 bits per heavy atom. The minimum absolute atomic E-state index is 0.365. The molecule has 1 aliphatic rings. The topological polar surface area (TPSA) is 57.1 Å². The molecular weight excluding hydrogens is 409 g/mol. The van der Waals surface area contributed by atoms with Crippen molar-refractivity contribution >= 4 is 45.3 Å². The van der Waals surface area contributed by atoms with Gasteiger partial charge in [0.1, 0.15) is 0 Å². The molecule has 0 spiro atoms. The van der Waals surface area contributed by atoms with Gasteiger partial charge in [-0.15, -0.1) is 0 Å². The average molecular weight is 433 g/mol. The molecule has 1 saturated heterocycles. The highest BCUT2D eigenvalue weighted by atomic mass is 16.7. The van der Waals surface area contributed by atoms with Gasteiger partial charge in [-0.25, -0.2) is 4.98 Å². The van der Waals surface area contributed by atoms with Gasteiger partial charge >= 0.3 is 7.12 Å². The number of nitrogens with zero attached hydrogens (tertiary/aromatic N) is 3. The third-order valence-electron chi connectivity index (χ3n) is 7.00. The Kier molecular flexibility index (Phi) is 4.35. The Hall–Kier alpha value is -3.35. The van der Waals surface area contributed by atoms with Crippen LogP contribution in [0, 0.1) is 0 Å². The van der Waals surface area contributed by atoms with Gasteiger partial charge in [0.05, 0.1) is 33.4 Å². The molecule has 162 valence electrons. The second-order valence-corrected chi connectivity index (χ2v) is 9.63. The lowest BCUT2D eigenvalue weighted by Crippen LogP contribution is -2.41. The summed E-state index contributed by atoms with van der Waals surface area (Å²) in [6.45, 7) is 8.28. The molecule has 0 atom stereocenters. The van der Waals surface area contributed by atoms with Crippen LogP contribution in [0.4, 0.5) is 0 Å². The summed E-state index contributed by atoms with van der Waals surface area (Å²) in [7, 11) is -0.385. The minimum atomic E-state index is -0.385. The molecule has 33 heavy (non-hydrogen) atoms. The molecule has 3 aromatic heterocycles. The Labute approximate surface area is 192 Å². The highest BCUT2D eigenvalue weighted by Crippen LogP contribution is 2.37. The zero-order chi connectivity index (χ0) is 22.8. The fraction of sp³-hybridized carbons (Fsp3) is 0.222. The van der Waals surface area contributed by atoms with Gasteiger partial charge in [-0.2, -0.15) is 0 Å². The van der Waals surface area contributed by atoms with Crippen LogP contribution in [0.5, 0.6) is 0 Å². The molecule has 6 rings (SSSR count). The second kappa shape index (κ2) is 7.08. The van der Waals surface area contributed by atoms with E-state index in [0.29, 0.717) is 0 Å². The standard InChI is InChI=1S/C27H24BN3O2/c1-26(2)27(3,4)33-28(32-26)19-9-12-22-18(16-19)8-11-23(31-22)20-13-15-30-25-21(20)10-7-17-6-5-14-29-24(17)25/h5-16H,1-4H3. The van der Waals surface area contributed by atoms with Crippen molar-refractivity contribution in [3.8, 4) is 11.3 Å². The van der Waals surface area contributed by atoms with Crippen molar-refractivity contribution in [1.82, 2.24) is 15.0 Å². The van der Waals surface area contributed by atoms with Crippen LogP contribution in [-0.2, 0) is 9.31 Å². The van der Waals surface area contributed by atoms with Crippen molar-refractivity contribution in [3.05, 3.63) is 73.1 Å². The van der Waals surface area contributed by atoms with Crippen molar-refractivity contribution in [2.24, 2.45) is 0 Å². The van der Waals surface area contributed by atoms with Crippen LogP contribution in [0.25, 0.3) is 44.0 Å². The molecule has 0 amide bonds. The molecule has 1 aliphatic heterocycles. The summed E-state index contributed by atoms with van der Waals surface area (Å²) < 4.78 is 12.4. The van der Waals surface area contributed by atoms with Crippen LogP contribution in [0.1, 0.15) is 27.7 Å². The first kappa shape index (κ1) is 20.3. The molecule has 0 aliphatic carbocycles. The molecule has 4 heterocycles. The van der Waals surface area contributed by atoms with E-state index >= 15 is 0 Å². The molecule has 6 heteroatoms. The van der Waals surface area contributed by atoms with Crippen LogP contribution < -0.4 is 5.46 Å². The third-order valence-corrected chi connectivity index (χ3v) is 7.00. The normalized spacial score (nSPS) is 17.3. The number of benzene rings is 2. The predicted molar refractivity (Wildman–Crippen MR) is 133 cm³/mol. The second-order valence-electron chi connectivity index (χ2n) is 9.63. The molecule has 0 unspecified atom stereocenters. The lowest BCUT2D eigenvalue weighted by molar-refractivity contribution is 0.00578. The van der Waals surface area contributed by atoms with E-state index in [-0.39, 0.29) is 18.3 Å². The first-order valence-electron chi connectivity index (χ1n) is 11.2. The number of fused-ring (bicyclic) bond motifs is 4. The van der Waals surface area contributed by atoms with Crippen LogP contribution in [-0.4, -0.2) is 33.3 Å². The van der Waals surface area contributed by atoms with Gasteiger partial charge < -0.3 is 9.31 Å². The third kappa shape index (κ3) is 3.21. The van der Waals surface area contributed by atoms with E-state index in [1.165, 1.54) is 0 Å². The van der Waals surface area contributed by atoms with Crippen LogP contribution in [0.3, 0.4) is 0 Å². The maximum absolute atomic E-state index is 6.22. The van der Waals surface area contributed by atoms with E-state index in [4.69, 9.17) is 14.3 Å². The summed E-state index contributed by atoms with van der Waals surface area (Å²) in [5, 5.41) is 3.18. The van der Waals surface area contributed by atoms with E-state index < -0.39 is 0 Å². The lowest BCUT2D eigenvalue weighted by atomic mass is 9.78. The smallest absolute Gasteiger partial charge is 0.399 e. The molecule has 0 saturated carbocycles. The number of hydrogen-bond acceptors (Lipinski definition) is 5. The molecule has 1 fully saturated rings. The SMILES string of the molecule is CC1(C)OB(c2ccc3nc(-c4ccnc5c4ccc4cccnc45)ccc3c2)OC1(C)C. The number of aromatic nitrogens is 3. The summed E-state index contributed by atoms with van der Waals surface area (Å²) in [5.41, 5.74) is 4.96. The average Bonchev–Trinajstić information content (AvgIpc) is 3.04. The van der Waals surface area contributed by atoms with E-state index in [1.807, 2.05) is 36.7 Å². The van der Waals surface area contributed by atoms with Gasteiger partial charge in [0.15, 0.2) is 0 Å². The summed E-state index contributed by atoms with van der Waals surface area (Å²) >= 11 is 0. The Morgan fingerprint density at radius 1 is 0.727 bits per heavy atom. The van der Waals surface area contributed by atoms with Crippen LogP contribution in [0.15, 0.2) is 73.1 Å². The summed E-state index contributed by atoms with van der Waals surface area (Å²) in [6, 6.07) is 20.6. The van der Waals surface area contributed by atoms with E-state index in [1.54, 1.807) is 0 Å². The summed E-state index contributed by atoms with van der Waals surface area (Å²) in [5.74, 6) is 0. The zero-order valence-corrected chi connectivity index (χ0v) is 19.2. The summed E-state index contributed by atoms with van der Waals surface area (Å²) in [6.07, 6.45) is 3.64. The van der Waals surface area contributed by atoms with Crippen LogP contribution in [0.2, 0.25) is 0 Å². The number of hydrogen-bond donors (Lipinski definition) is 0. The van der Waals surface area contributed by atoms with Gasteiger partial charge in [-0.05, 0) is 62.8 Å². The monoisotopic (exact) mass is 433 g/mol. The fourth-order valence-corrected chi connectivity index (χ4v) is 4.40. The molecule has 0 radical (unpaired) electrons. The highest BCUT2D eigenvalue weighted by molar-refractivity contribution is 6.62. The fourth-order valence-electron chi connectivity index (χ4n) is 4.40. The Bertz CT molecular complexity index is 1530. The van der Waals surface area contributed by atoms with E-state index in [2.05, 4.69) is 74.1 Å². The van der Waals surface area contributed by atoms with Gasteiger partial charge in [0.2, 0.25) is 0 Å². The quantitative estimate of drug-likeness (QED) is 0.280. The van der Waals surface area contributed by atoms with E-state index in [0.717, 1.165) is 49.4 Å².